The second kappa shape index (κ2) is 8.38. The van der Waals surface area contributed by atoms with Crippen LogP contribution >= 0.6 is 0 Å². The lowest BCUT2D eigenvalue weighted by molar-refractivity contribution is 0.539. The molecule has 7 heterocycles. The van der Waals surface area contributed by atoms with Crippen molar-refractivity contribution in [2.45, 2.75) is 0 Å². The van der Waals surface area contributed by atoms with Crippen LogP contribution in [0.4, 0.5) is 0 Å². The highest BCUT2D eigenvalue weighted by atomic mass is 15.3. The Bertz CT molecular complexity index is 1410. The van der Waals surface area contributed by atoms with Gasteiger partial charge >= 0.3 is 0 Å². The quantitative estimate of drug-likeness (QED) is 0.382. The van der Waals surface area contributed by atoms with Gasteiger partial charge in [-0.25, -0.2) is 0 Å². The molecular formula is C27H21N9. The Morgan fingerprint density at radius 1 is 0.333 bits per heavy atom. The van der Waals surface area contributed by atoms with Gasteiger partial charge in [0.1, 0.15) is 0 Å². The fourth-order valence-corrected chi connectivity index (χ4v) is 4.10. The molecule has 0 saturated heterocycles. The van der Waals surface area contributed by atoms with E-state index in [2.05, 4.69) is 35.0 Å². The van der Waals surface area contributed by atoms with Crippen molar-refractivity contribution in [3.63, 3.8) is 0 Å². The summed E-state index contributed by atoms with van der Waals surface area (Å²) in [6.45, 7) is 9.85. The molecule has 3 N–H and O–H groups in total. The minimum atomic E-state index is 0.966. The zero-order valence-corrected chi connectivity index (χ0v) is 19.1. The number of nitrogens with zero attached hydrogens (tertiary/aromatic N) is 6. The molecule has 4 aliphatic rings. The Kier molecular flexibility index (Phi) is 4.76. The molecule has 12 bridgehead atoms. The van der Waals surface area contributed by atoms with Crippen molar-refractivity contribution >= 4 is 37.2 Å². The fourth-order valence-electron chi connectivity index (χ4n) is 4.10. The number of rotatable bonds is 0. The minimum Gasteiger partial charge on any atom is -0.353 e. The molecular weight excluding hydrogens is 450 g/mol. The molecule has 0 fully saturated rings. The van der Waals surface area contributed by atoms with E-state index in [1.807, 2.05) is 140 Å². The minimum absolute atomic E-state index is 0.966. The third-order valence-electron chi connectivity index (χ3n) is 5.72. The molecule has 36 heavy (non-hydrogen) atoms. The molecule has 4 aliphatic heterocycles. The Morgan fingerprint density at radius 3 is 0.722 bits per heavy atom. The van der Waals surface area contributed by atoms with Gasteiger partial charge in [-0.2, -0.15) is 0 Å². The molecule has 0 atom stereocenters. The molecule has 0 saturated carbocycles. The number of hydrogen-bond acceptors (Lipinski definition) is 6. The molecule has 0 spiro atoms. The van der Waals surface area contributed by atoms with Crippen molar-refractivity contribution < 1.29 is 0 Å². The van der Waals surface area contributed by atoms with Crippen molar-refractivity contribution in [2.75, 3.05) is 0 Å². The highest BCUT2D eigenvalue weighted by Crippen LogP contribution is 2.13. The van der Waals surface area contributed by atoms with Crippen LogP contribution < -0.4 is 32.1 Å². The third-order valence-corrected chi connectivity index (χ3v) is 5.72. The molecule has 174 valence electrons. The lowest BCUT2D eigenvalue weighted by Crippen LogP contribution is -2.21. The maximum atomic E-state index is 3.40. The van der Waals surface area contributed by atoms with Crippen molar-refractivity contribution in [3.8, 4) is 0 Å². The lowest BCUT2D eigenvalue weighted by atomic mass is 10.5. The molecule has 0 unspecified atom stereocenters. The number of H-pyrrole nitrogens is 3. The van der Waals surface area contributed by atoms with Gasteiger partial charge in [0, 0.05) is 74.4 Å². The van der Waals surface area contributed by atoms with Crippen molar-refractivity contribution in [1.82, 2.24) is 44.4 Å². The Labute approximate surface area is 207 Å². The normalized spacial score (nSPS) is 24.0. The number of fused-ring (bicyclic) bond motifs is 12. The summed E-state index contributed by atoms with van der Waals surface area (Å²) in [5.74, 6) is 0. The van der Waals surface area contributed by atoms with Crippen LogP contribution in [0.25, 0.3) is 37.2 Å². The van der Waals surface area contributed by atoms with E-state index in [1.165, 1.54) is 0 Å². The van der Waals surface area contributed by atoms with E-state index in [-0.39, 0.29) is 0 Å². The van der Waals surface area contributed by atoms with Crippen molar-refractivity contribution in [1.29, 1.82) is 0 Å². The maximum Gasteiger partial charge on any atom is 0.216 e. The Hall–Kier alpha value is -4.92. The van der Waals surface area contributed by atoms with Crippen LogP contribution in [0.2, 0.25) is 0 Å². The van der Waals surface area contributed by atoms with Gasteiger partial charge in [0.25, 0.3) is 0 Å². The van der Waals surface area contributed by atoms with Gasteiger partial charge in [-0.15, -0.1) is 0 Å². The smallest absolute Gasteiger partial charge is 0.216 e. The number of aromatic amines is 3. The maximum absolute atomic E-state index is 3.40. The molecule has 3 aromatic heterocycles. The number of aromatic nitrogens is 3. The monoisotopic (exact) mass is 471 g/mol. The Morgan fingerprint density at radius 2 is 0.528 bits per heavy atom. The Balaban J connectivity index is 1.24. The van der Waals surface area contributed by atoms with Crippen LogP contribution in [0.5, 0.6) is 0 Å². The second-order valence-corrected chi connectivity index (χ2v) is 8.52. The zero-order chi connectivity index (χ0) is 23.9. The van der Waals surface area contributed by atoms with Crippen LogP contribution in [-0.4, -0.2) is 44.4 Å². The average molecular weight is 472 g/mol. The molecule has 7 rings (SSSR count). The van der Waals surface area contributed by atoms with E-state index in [4.69, 9.17) is 0 Å². The summed E-state index contributed by atoms with van der Waals surface area (Å²) in [6, 6.07) is 12.2. The molecule has 0 aromatic carbocycles. The van der Waals surface area contributed by atoms with Crippen LogP contribution in [-0.2, 0) is 0 Å². The summed E-state index contributed by atoms with van der Waals surface area (Å²) < 4.78 is 0. The van der Waals surface area contributed by atoms with E-state index in [9.17, 15) is 0 Å². The summed E-state index contributed by atoms with van der Waals surface area (Å²) in [4.78, 5) is 21.5. The largest absolute Gasteiger partial charge is 0.353 e. The summed E-state index contributed by atoms with van der Waals surface area (Å²) in [5.41, 5.74) is 0. The fraction of sp³-hybridized carbons (Fsp3) is 0. The first-order valence-corrected chi connectivity index (χ1v) is 11.4. The molecule has 0 aliphatic carbocycles. The summed E-state index contributed by atoms with van der Waals surface area (Å²) in [5, 5.41) is 5.80. The summed E-state index contributed by atoms with van der Waals surface area (Å²) in [7, 11) is 0. The van der Waals surface area contributed by atoms with E-state index >= 15 is 0 Å². The predicted octanol–water partition coefficient (Wildman–Crippen LogP) is -1.23. The van der Waals surface area contributed by atoms with Gasteiger partial charge in [-0.3, -0.25) is 0 Å². The van der Waals surface area contributed by atoms with Gasteiger partial charge in [0.05, 0.1) is 32.1 Å². The first kappa shape index (κ1) is 20.5. The second-order valence-electron chi connectivity index (χ2n) is 8.52. The van der Waals surface area contributed by atoms with Gasteiger partial charge in [-0.1, -0.05) is 0 Å². The van der Waals surface area contributed by atoms with Gasteiger partial charge in [0.2, 0.25) is 20.0 Å². The summed E-state index contributed by atoms with van der Waals surface area (Å²) >= 11 is 0. The van der Waals surface area contributed by atoms with Gasteiger partial charge in [0.15, 0.2) is 0 Å². The third kappa shape index (κ3) is 4.29. The highest BCUT2D eigenvalue weighted by Gasteiger charge is 2.13. The molecule has 9 heteroatoms. The van der Waals surface area contributed by atoms with Crippen molar-refractivity contribution in [2.24, 2.45) is 0 Å². The van der Waals surface area contributed by atoms with Crippen LogP contribution in [0.15, 0.2) is 73.6 Å². The molecule has 0 amide bonds. The standard InChI is InChI=1S/C27H21N9/c1-2-23-14-32-9-10-34(20-32)16-25-5-6-27(30-25)18-36-12-11-35(21-36)17-26-4-3-24(29-26)15-33-8-7-31(19-33)13-22(1)28-23/h1-18,28-30H/b22-13-,23-14-,24-15+,25-16+,26-17-,27-18-. The molecule has 6 radical (unpaired) electrons. The summed E-state index contributed by atoms with van der Waals surface area (Å²) in [6.07, 6.45) is 23.6. The van der Waals surface area contributed by atoms with Crippen LogP contribution in [0.3, 0.4) is 0 Å². The lowest BCUT2D eigenvalue weighted by Gasteiger charge is -2.11. The molecule has 3 aromatic rings. The van der Waals surface area contributed by atoms with E-state index in [1.54, 1.807) is 0 Å². The predicted molar refractivity (Wildman–Crippen MR) is 135 cm³/mol. The van der Waals surface area contributed by atoms with Crippen molar-refractivity contribution in [3.05, 3.63) is 126 Å². The number of nitrogens with one attached hydrogen (secondary N) is 3. The first-order chi connectivity index (χ1) is 17.7. The van der Waals surface area contributed by atoms with Gasteiger partial charge in [-0.05, 0) is 36.4 Å². The first-order valence-electron chi connectivity index (χ1n) is 11.4. The van der Waals surface area contributed by atoms with E-state index in [0.717, 1.165) is 32.1 Å². The average Bonchev–Trinajstić information content (AvgIpc) is 3.68. The number of hydrogen-bond donors (Lipinski definition) is 3. The zero-order valence-electron chi connectivity index (χ0n) is 19.1. The van der Waals surface area contributed by atoms with E-state index < -0.39 is 0 Å². The van der Waals surface area contributed by atoms with Crippen LogP contribution in [0, 0.1) is 20.0 Å². The highest BCUT2D eigenvalue weighted by molar-refractivity contribution is 5.36. The van der Waals surface area contributed by atoms with E-state index in [0.29, 0.717) is 0 Å². The van der Waals surface area contributed by atoms with Crippen LogP contribution in [0.1, 0.15) is 0 Å². The topological polar surface area (TPSA) is 66.8 Å². The molecule has 9 nitrogen and oxygen atoms in total. The van der Waals surface area contributed by atoms with Gasteiger partial charge < -0.3 is 44.4 Å². The SMILES string of the molecule is [C]1N2C=CN1/C=c1/cc/c([nH]1)=C\N1[C]N(C=C1)/C=c1/cc/c([nH]1)=C/N1[C]N(C=C1)/C=c1\cc/c([nH]1)=C/2.